The lowest BCUT2D eigenvalue weighted by Crippen LogP contribution is -2.32. The number of amides is 1. The first-order chi connectivity index (χ1) is 13.9. The van der Waals surface area contributed by atoms with Crippen molar-refractivity contribution in [3.05, 3.63) is 65.5 Å². The van der Waals surface area contributed by atoms with Crippen LogP contribution in [0.15, 0.2) is 53.4 Å². The Bertz CT molecular complexity index is 812. The lowest BCUT2D eigenvalue weighted by Gasteiger charge is -2.20. The van der Waals surface area contributed by atoms with E-state index in [1.165, 1.54) is 12.1 Å². The van der Waals surface area contributed by atoms with Crippen molar-refractivity contribution < 1.29 is 9.18 Å². The molecule has 6 heteroatoms. The average Bonchev–Trinajstić information content (AvgIpc) is 3.17. The second kappa shape index (κ2) is 10.2. The molecule has 1 amide bonds. The molecule has 2 N–H and O–H groups in total. The van der Waals surface area contributed by atoms with Gasteiger partial charge in [0.15, 0.2) is 0 Å². The number of hydrogen-bond acceptors (Lipinski definition) is 4. The van der Waals surface area contributed by atoms with Crippen LogP contribution in [0.1, 0.15) is 55.1 Å². The van der Waals surface area contributed by atoms with Gasteiger partial charge in [-0.3, -0.25) is 15.6 Å². The number of carbonyl (C=O) groups is 1. The molecular formula is C23H30FN3OS. The summed E-state index contributed by atoms with van der Waals surface area (Å²) in [6.45, 7) is 4.99. The zero-order valence-corrected chi connectivity index (χ0v) is 18.1. The Labute approximate surface area is 177 Å². The molecule has 29 heavy (non-hydrogen) atoms. The molecule has 0 spiro atoms. The highest BCUT2D eigenvalue weighted by Gasteiger charge is 2.25. The first-order valence-electron chi connectivity index (χ1n) is 10.2. The average molecular weight is 416 g/mol. The van der Waals surface area contributed by atoms with Crippen LogP contribution in [0.25, 0.3) is 0 Å². The van der Waals surface area contributed by atoms with E-state index in [9.17, 15) is 9.18 Å². The Morgan fingerprint density at radius 1 is 1.17 bits per heavy atom. The Kier molecular flexibility index (Phi) is 7.70. The topological polar surface area (TPSA) is 44.4 Å². The summed E-state index contributed by atoms with van der Waals surface area (Å²) < 4.78 is 13.1. The maximum absolute atomic E-state index is 13.1. The number of rotatable bonds is 8. The molecule has 2 unspecified atom stereocenters. The van der Waals surface area contributed by atoms with Crippen molar-refractivity contribution in [3.8, 4) is 0 Å². The summed E-state index contributed by atoms with van der Waals surface area (Å²) >= 11 is 1.72. The van der Waals surface area contributed by atoms with Crippen molar-refractivity contribution in [1.82, 2.24) is 15.8 Å². The fourth-order valence-corrected chi connectivity index (χ4v) is 4.55. The van der Waals surface area contributed by atoms with Crippen molar-refractivity contribution in [1.29, 1.82) is 0 Å². The highest BCUT2D eigenvalue weighted by Crippen LogP contribution is 2.28. The van der Waals surface area contributed by atoms with E-state index in [-0.39, 0.29) is 17.8 Å². The summed E-state index contributed by atoms with van der Waals surface area (Å²) in [5.74, 6) is -0.132. The summed E-state index contributed by atoms with van der Waals surface area (Å²) in [6.07, 6.45) is 2.86. The Morgan fingerprint density at radius 3 is 2.62 bits per heavy atom. The van der Waals surface area contributed by atoms with E-state index in [2.05, 4.69) is 24.7 Å². The van der Waals surface area contributed by atoms with Crippen molar-refractivity contribution >= 4 is 17.7 Å². The standard InChI is InChI=1S/C23H30FN3OS/c1-16(2)29-22-9-5-4-8-20(22)23(28)27(3)14-6-7-19-15-21(26-25-19)17-10-12-18(24)13-11-17/h4-5,8-13,16,19,21,25-26H,6-7,14-15H2,1-3H3. The number of carbonyl (C=O) groups excluding carboxylic acids is 1. The van der Waals surface area contributed by atoms with Gasteiger partial charge in [-0.2, -0.15) is 0 Å². The van der Waals surface area contributed by atoms with Crippen molar-refractivity contribution in [2.45, 2.75) is 55.3 Å². The molecule has 2 atom stereocenters. The molecule has 0 saturated carbocycles. The zero-order chi connectivity index (χ0) is 20.8. The monoisotopic (exact) mass is 415 g/mol. The van der Waals surface area contributed by atoms with E-state index in [0.29, 0.717) is 11.3 Å². The number of hydrazine groups is 1. The van der Waals surface area contributed by atoms with Crippen LogP contribution >= 0.6 is 11.8 Å². The van der Waals surface area contributed by atoms with Gasteiger partial charge in [0.25, 0.3) is 5.91 Å². The Morgan fingerprint density at radius 2 is 1.90 bits per heavy atom. The van der Waals surface area contributed by atoms with Crippen LogP contribution < -0.4 is 10.9 Å². The van der Waals surface area contributed by atoms with Crippen LogP contribution in [0.3, 0.4) is 0 Å². The minimum Gasteiger partial charge on any atom is -0.342 e. The second-order valence-electron chi connectivity index (χ2n) is 7.86. The van der Waals surface area contributed by atoms with E-state index in [0.717, 1.165) is 41.8 Å². The molecular weight excluding hydrogens is 385 g/mol. The molecule has 3 rings (SSSR count). The summed E-state index contributed by atoms with van der Waals surface area (Å²) in [7, 11) is 1.88. The third kappa shape index (κ3) is 6.04. The summed E-state index contributed by atoms with van der Waals surface area (Å²) in [5, 5.41) is 0.434. The van der Waals surface area contributed by atoms with Gasteiger partial charge in [-0.05, 0) is 49.1 Å². The van der Waals surface area contributed by atoms with Crippen molar-refractivity contribution in [2.75, 3.05) is 13.6 Å². The van der Waals surface area contributed by atoms with Gasteiger partial charge in [-0.25, -0.2) is 4.39 Å². The highest BCUT2D eigenvalue weighted by atomic mass is 32.2. The molecule has 1 aliphatic rings. The number of thioether (sulfide) groups is 1. The molecule has 2 aromatic carbocycles. The van der Waals surface area contributed by atoms with Crippen LogP contribution in [0, 0.1) is 5.82 Å². The van der Waals surface area contributed by atoms with Gasteiger partial charge in [-0.1, -0.05) is 38.1 Å². The molecule has 156 valence electrons. The SMILES string of the molecule is CC(C)Sc1ccccc1C(=O)N(C)CCCC1CC(c2ccc(F)cc2)NN1. The molecule has 0 radical (unpaired) electrons. The fraction of sp³-hybridized carbons (Fsp3) is 0.435. The van der Waals surface area contributed by atoms with Crippen LogP contribution in [-0.4, -0.2) is 35.7 Å². The normalized spacial score (nSPS) is 18.9. The highest BCUT2D eigenvalue weighted by molar-refractivity contribution is 8.00. The third-order valence-corrected chi connectivity index (χ3v) is 6.21. The number of nitrogens with one attached hydrogen (secondary N) is 2. The number of halogens is 1. The van der Waals surface area contributed by atoms with Crippen LogP contribution in [-0.2, 0) is 0 Å². The molecule has 1 heterocycles. The molecule has 0 bridgehead atoms. The number of benzene rings is 2. The van der Waals surface area contributed by atoms with Gasteiger partial charge in [0.2, 0.25) is 0 Å². The van der Waals surface area contributed by atoms with E-state index in [1.807, 2.05) is 48.3 Å². The van der Waals surface area contributed by atoms with Crippen LogP contribution in [0.5, 0.6) is 0 Å². The van der Waals surface area contributed by atoms with Crippen LogP contribution in [0.2, 0.25) is 0 Å². The molecule has 2 aromatic rings. The van der Waals surface area contributed by atoms with E-state index < -0.39 is 0 Å². The number of nitrogens with zero attached hydrogens (tertiary/aromatic N) is 1. The van der Waals surface area contributed by atoms with Gasteiger partial charge < -0.3 is 4.90 Å². The van der Waals surface area contributed by atoms with E-state index in [4.69, 9.17) is 0 Å². The lowest BCUT2D eigenvalue weighted by atomic mass is 9.99. The summed E-state index contributed by atoms with van der Waals surface area (Å²) in [4.78, 5) is 15.8. The Hall–Kier alpha value is -1.89. The molecule has 1 fully saturated rings. The van der Waals surface area contributed by atoms with Gasteiger partial charge >= 0.3 is 0 Å². The van der Waals surface area contributed by atoms with Gasteiger partial charge in [0.1, 0.15) is 5.82 Å². The zero-order valence-electron chi connectivity index (χ0n) is 17.3. The van der Waals surface area contributed by atoms with Gasteiger partial charge in [0.05, 0.1) is 5.56 Å². The number of hydrogen-bond donors (Lipinski definition) is 2. The second-order valence-corrected chi connectivity index (χ2v) is 9.48. The quantitative estimate of drug-likeness (QED) is 0.609. The molecule has 0 aromatic heterocycles. The molecule has 1 aliphatic heterocycles. The van der Waals surface area contributed by atoms with Crippen LogP contribution in [0.4, 0.5) is 4.39 Å². The maximum atomic E-state index is 13.1. The van der Waals surface area contributed by atoms with Crippen molar-refractivity contribution in [2.24, 2.45) is 0 Å². The largest absolute Gasteiger partial charge is 0.342 e. The molecule has 0 aliphatic carbocycles. The first kappa shape index (κ1) is 21.8. The summed E-state index contributed by atoms with van der Waals surface area (Å²) in [5.41, 5.74) is 8.51. The van der Waals surface area contributed by atoms with Gasteiger partial charge in [0, 0.05) is 35.8 Å². The minimum absolute atomic E-state index is 0.0791. The smallest absolute Gasteiger partial charge is 0.254 e. The maximum Gasteiger partial charge on any atom is 0.254 e. The predicted molar refractivity (Wildman–Crippen MR) is 117 cm³/mol. The van der Waals surface area contributed by atoms with Gasteiger partial charge in [-0.15, -0.1) is 11.8 Å². The minimum atomic E-state index is -0.211. The Balaban J connectivity index is 1.47. The first-order valence-corrected chi connectivity index (χ1v) is 11.1. The molecule has 4 nitrogen and oxygen atoms in total. The predicted octanol–water partition coefficient (Wildman–Crippen LogP) is 4.79. The summed E-state index contributed by atoms with van der Waals surface area (Å²) in [6, 6.07) is 15.0. The lowest BCUT2D eigenvalue weighted by molar-refractivity contribution is 0.0788. The van der Waals surface area contributed by atoms with Crippen molar-refractivity contribution in [3.63, 3.8) is 0 Å². The fourth-order valence-electron chi connectivity index (χ4n) is 3.61. The molecule has 1 saturated heterocycles. The van der Waals surface area contributed by atoms with E-state index >= 15 is 0 Å². The van der Waals surface area contributed by atoms with E-state index in [1.54, 1.807) is 11.8 Å². The third-order valence-electron chi connectivity index (χ3n) is 5.13.